The highest BCUT2D eigenvalue weighted by molar-refractivity contribution is 6.30. The average Bonchev–Trinajstić information content (AvgIpc) is 2.50. The molecule has 0 aliphatic carbocycles. The monoisotopic (exact) mass is 392 g/mol. The zero-order valence-electron chi connectivity index (χ0n) is 12.9. The van der Waals surface area contributed by atoms with Gasteiger partial charge in [-0.25, -0.2) is 4.39 Å². The molecule has 1 N–H and O–H groups in total. The lowest BCUT2D eigenvalue weighted by Crippen LogP contribution is -2.45. The molecular weight excluding hydrogens is 377 g/mol. The fraction of sp³-hybridized carbons (Fsp3) is 0.600. The zero-order valence-corrected chi connectivity index (χ0v) is 13.7. The molecule has 0 bridgehead atoms. The van der Waals surface area contributed by atoms with E-state index < -0.39 is 53.2 Å². The van der Waals surface area contributed by atoms with E-state index in [0.717, 1.165) is 0 Å². The Bertz CT molecular complexity index is 595. The largest absolute Gasteiger partial charge is 0.416 e. The molecule has 2 nitrogen and oxygen atoms in total. The summed E-state index contributed by atoms with van der Waals surface area (Å²) in [6, 6.07) is -0.132. The molecular formula is C15H16ClF7N2. The van der Waals surface area contributed by atoms with Gasteiger partial charge in [0.25, 0.3) is 0 Å². The summed E-state index contributed by atoms with van der Waals surface area (Å²) in [4.78, 5) is 1.55. The van der Waals surface area contributed by atoms with E-state index in [2.05, 4.69) is 5.32 Å². The zero-order chi connectivity index (χ0) is 18.8. The first-order valence-corrected chi connectivity index (χ1v) is 7.94. The second-order valence-corrected chi connectivity index (χ2v) is 6.22. The Balaban J connectivity index is 2.42. The van der Waals surface area contributed by atoms with Crippen LogP contribution in [0.25, 0.3) is 0 Å². The maximum Gasteiger partial charge on any atom is 0.416 e. The lowest BCUT2D eigenvalue weighted by Gasteiger charge is -2.36. The summed E-state index contributed by atoms with van der Waals surface area (Å²) >= 11 is 5.57. The van der Waals surface area contributed by atoms with E-state index in [9.17, 15) is 30.7 Å². The van der Waals surface area contributed by atoms with Crippen LogP contribution in [0.3, 0.4) is 0 Å². The predicted molar refractivity (Wildman–Crippen MR) is 78.9 cm³/mol. The van der Waals surface area contributed by atoms with Crippen molar-refractivity contribution in [2.75, 3.05) is 26.2 Å². The standard InChI is InChI=1S/C15H16ClF7N2/c16-11-8-9(15(21,22)23)7-10(13(11)17)12(1-2-14(18,19)20)25-5-3-24-4-6-25/h7-8,12,24H,1-6H2/t12-/m1/s1. The number of nitrogens with one attached hydrogen (secondary N) is 1. The molecule has 1 aromatic carbocycles. The van der Waals surface area contributed by atoms with Crippen LogP contribution in [0, 0.1) is 5.82 Å². The van der Waals surface area contributed by atoms with E-state index in [1.54, 1.807) is 4.90 Å². The van der Waals surface area contributed by atoms with Crippen LogP contribution in [0.4, 0.5) is 30.7 Å². The molecule has 1 saturated heterocycles. The van der Waals surface area contributed by atoms with Crippen molar-refractivity contribution in [2.45, 2.75) is 31.2 Å². The molecule has 0 spiro atoms. The summed E-state index contributed by atoms with van der Waals surface area (Å²) in [5, 5.41) is 2.24. The predicted octanol–water partition coefficient (Wildman–Crippen LogP) is 4.79. The van der Waals surface area contributed by atoms with Crippen molar-refractivity contribution in [3.05, 3.63) is 34.1 Å². The molecule has 0 amide bonds. The third-order valence-electron chi connectivity index (χ3n) is 4.04. The first-order valence-electron chi connectivity index (χ1n) is 7.56. The minimum Gasteiger partial charge on any atom is -0.314 e. The van der Waals surface area contributed by atoms with Gasteiger partial charge in [-0.15, -0.1) is 0 Å². The lowest BCUT2D eigenvalue weighted by atomic mass is 9.96. The molecule has 1 aliphatic heterocycles. The van der Waals surface area contributed by atoms with Crippen LogP contribution < -0.4 is 5.32 Å². The first kappa shape index (κ1) is 20.3. The van der Waals surface area contributed by atoms with Gasteiger partial charge in [-0.1, -0.05) is 11.6 Å². The minimum atomic E-state index is -4.77. The van der Waals surface area contributed by atoms with Gasteiger partial charge in [0.05, 0.1) is 10.6 Å². The summed E-state index contributed by atoms with van der Waals surface area (Å²) in [6.45, 7) is 1.51. The Kier molecular flexibility index (Phi) is 6.22. The van der Waals surface area contributed by atoms with Crippen LogP contribution in [0.15, 0.2) is 12.1 Å². The molecule has 1 aliphatic rings. The maximum atomic E-state index is 14.4. The van der Waals surface area contributed by atoms with E-state index in [4.69, 9.17) is 11.6 Å². The fourth-order valence-electron chi connectivity index (χ4n) is 2.85. The van der Waals surface area contributed by atoms with Gasteiger partial charge < -0.3 is 5.32 Å². The highest BCUT2D eigenvalue weighted by Crippen LogP contribution is 2.39. The Morgan fingerprint density at radius 2 is 1.68 bits per heavy atom. The Morgan fingerprint density at radius 1 is 1.08 bits per heavy atom. The van der Waals surface area contributed by atoms with Crippen LogP contribution >= 0.6 is 11.6 Å². The van der Waals surface area contributed by atoms with Crippen molar-refractivity contribution in [3.63, 3.8) is 0 Å². The van der Waals surface area contributed by atoms with Crippen molar-refractivity contribution < 1.29 is 30.7 Å². The highest BCUT2D eigenvalue weighted by atomic mass is 35.5. The molecule has 2 rings (SSSR count). The van der Waals surface area contributed by atoms with Crippen molar-refractivity contribution >= 4 is 11.6 Å². The average molecular weight is 393 g/mol. The Morgan fingerprint density at radius 3 is 2.20 bits per heavy atom. The van der Waals surface area contributed by atoms with Gasteiger partial charge in [0.1, 0.15) is 5.82 Å². The SMILES string of the molecule is Fc1c(Cl)cc(C(F)(F)F)cc1[C@@H](CCC(F)(F)F)N1CCNCC1. The molecule has 0 unspecified atom stereocenters. The van der Waals surface area contributed by atoms with Gasteiger partial charge >= 0.3 is 12.4 Å². The van der Waals surface area contributed by atoms with E-state index in [0.29, 0.717) is 38.3 Å². The Hall–Kier alpha value is -1.06. The van der Waals surface area contributed by atoms with Crippen molar-refractivity contribution in [3.8, 4) is 0 Å². The second-order valence-electron chi connectivity index (χ2n) is 5.81. The van der Waals surface area contributed by atoms with E-state index in [1.807, 2.05) is 0 Å². The van der Waals surface area contributed by atoms with Crippen LogP contribution in [0.2, 0.25) is 5.02 Å². The molecule has 1 aromatic rings. The summed E-state index contributed by atoms with van der Waals surface area (Å²) in [5.41, 5.74) is -1.63. The molecule has 1 heterocycles. The maximum absolute atomic E-state index is 14.4. The van der Waals surface area contributed by atoms with Crippen molar-refractivity contribution in [1.29, 1.82) is 0 Å². The lowest BCUT2D eigenvalue weighted by molar-refractivity contribution is -0.140. The van der Waals surface area contributed by atoms with Gasteiger partial charge in [0.15, 0.2) is 0 Å². The van der Waals surface area contributed by atoms with Gasteiger partial charge in [-0.3, -0.25) is 4.90 Å². The molecule has 25 heavy (non-hydrogen) atoms. The van der Waals surface area contributed by atoms with Crippen LogP contribution in [0.1, 0.15) is 30.0 Å². The third-order valence-corrected chi connectivity index (χ3v) is 4.31. The number of alkyl halides is 6. The third kappa shape index (κ3) is 5.46. The van der Waals surface area contributed by atoms with Crippen molar-refractivity contribution in [2.24, 2.45) is 0 Å². The van der Waals surface area contributed by atoms with Crippen LogP contribution in [-0.4, -0.2) is 37.3 Å². The molecule has 0 aromatic heterocycles. The minimum absolute atomic E-state index is 0.301. The van der Waals surface area contributed by atoms with Crippen molar-refractivity contribution in [1.82, 2.24) is 10.2 Å². The van der Waals surface area contributed by atoms with Crippen LogP contribution in [0.5, 0.6) is 0 Å². The number of benzene rings is 1. The fourth-order valence-corrected chi connectivity index (χ4v) is 3.07. The quantitative estimate of drug-likeness (QED) is 0.741. The molecule has 1 fully saturated rings. The topological polar surface area (TPSA) is 15.3 Å². The first-order chi connectivity index (χ1) is 11.5. The van der Waals surface area contributed by atoms with Crippen LogP contribution in [-0.2, 0) is 6.18 Å². The molecule has 1 atom stereocenters. The van der Waals surface area contributed by atoms with E-state index in [1.165, 1.54) is 0 Å². The molecule has 0 radical (unpaired) electrons. The smallest absolute Gasteiger partial charge is 0.314 e. The summed E-state index contributed by atoms with van der Waals surface area (Å²) < 4.78 is 91.1. The van der Waals surface area contributed by atoms with Gasteiger partial charge in [0.2, 0.25) is 0 Å². The van der Waals surface area contributed by atoms with E-state index in [-0.39, 0.29) is 0 Å². The second kappa shape index (κ2) is 7.67. The highest BCUT2D eigenvalue weighted by Gasteiger charge is 2.36. The van der Waals surface area contributed by atoms with Gasteiger partial charge in [-0.2, -0.15) is 26.3 Å². The number of nitrogens with zero attached hydrogens (tertiary/aromatic N) is 1. The summed E-state index contributed by atoms with van der Waals surface area (Å²) in [5.74, 6) is -1.11. The summed E-state index contributed by atoms with van der Waals surface area (Å²) in [6.07, 6.45) is -11.0. The van der Waals surface area contributed by atoms with E-state index >= 15 is 0 Å². The molecule has 0 saturated carbocycles. The number of hydrogen-bond donors (Lipinski definition) is 1. The molecule has 10 heteroatoms. The normalized spacial score (nSPS) is 18.4. The van der Waals surface area contributed by atoms with Gasteiger partial charge in [0, 0.05) is 44.2 Å². The number of halogens is 8. The van der Waals surface area contributed by atoms with Gasteiger partial charge in [-0.05, 0) is 18.6 Å². The number of hydrogen-bond acceptors (Lipinski definition) is 2. The summed E-state index contributed by atoms with van der Waals surface area (Å²) in [7, 11) is 0. The molecule has 142 valence electrons. The number of piperazine rings is 1. The number of rotatable bonds is 4. The Labute approximate surface area is 144 Å².